The second-order valence-corrected chi connectivity index (χ2v) is 6.08. The van der Waals surface area contributed by atoms with Crippen LogP contribution in [0.1, 0.15) is 39.5 Å². The highest BCUT2D eigenvalue weighted by molar-refractivity contribution is 5.85. The molecule has 1 amide bonds. The Morgan fingerprint density at radius 2 is 2.16 bits per heavy atom. The topological polar surface area (TPSA) is 44.4 Å². The number of rotatable bonds is 5. The predicted octanol–water partition coefficient (Wildman–Crippen LogP) is 1.40. The molecule has 2 aliphatic heterocycles. The molecule has 112 valence electrons. The number of hydrogen-bond acceptors (Lipinski definition) is 3. The van der Waals surface area contributed by atoms with Crippen LogP contribution >= 0.6 is 12.4 Å². The fourth-order valence-corrected chi connectivity index (χ4v) is 3.09. The SMILES string of the molecule is CC(C)CN1CCC[C@@H]1CNC(=O)C1CCCN1.Cl. The Morgan fingerprint density at radius 3 is 2.79 bits per heavy atom. The Hall–Kier alpha value is -0.320. The van der Waals surface area contributed by atoms with Gasteiger partial charge in [-0.25, -0.2) is 0 Å². The van der Waals surface area contributed by atoms with Crippen molar-refractivity contribution in [1.82, 2.24) is 15.5 Å². The normalized spacial score (nSPS) is 27.5. The molecular weight excluding hydrogens is 262 g/mol. The molecule has 19 heavy (non-hydrogen) atoms. The van der Waals surface area contributed by atoms with Gasteiger partial charge in [0.15, 0.2) is 0 Å². The lowest BCUT2D eigenvalue weighted by Gasteiger charge is -2.26. The Kier molecular flexibility index (Phi) is 7.11. The summed E-state index contributed by atoms with van der Waals surface area (Å²) in [6, 6.07) is 0.614. The predicted molar refractivity (Wildman–Crippen MR) is 80.7 cm³/mol. The molecule has 2 rings (SSSR count). The highest BCUT2D eigenvalue weighted by Crippen LogP contribution is 2.18. The number of hydrogen-bond donors (Lipinski definition) is 2. The third kappa shape index (κ3) is 4.93. The quantitative estimate of drug-likeness (QED) is 0.804. The maximum Gasteiger partial charge on any atom is 0.237 e. The van der Waals surface area contributed by atoms with E-state index in [2.05, 4.69) is 29.4 Å². The first-order valence-electron chi connectivity index (χ1n) is 7.42. The Balaban J connectivity index is 0.00000180. The van der Waals surface area contributed by atoms with Crippen molar-refractivity contribution in [2.45, 2.75) is 51.6 Å². The van der Waals surface area contributed by atoms with Crippen LogP contribution in [0.3, 0.4) is 0 Å². The summed E-state index contributed by atoms with van der Waals surface area (Å²) in [6.07, 6.45) is 4.62. The van der Waals surface area contributed by atoms with E-state index in [9.17, 15) is 4.79 Å². The molecule has 0 radical (unpaired) electrons. The van der Waals surface area contributed by atoms with Crippen LogP contribution in [-0.4, -0.2) is 49.1 Å². The van der Waals surface area contributed by atoms with Crippen LogP contribution in [0.2, 0.25) is 0 Å². The van der Waals surface area contributed by atoms with E-state index in [0.717, 1.165) is 32.5 Å². The van der Waals surface area contributed by atoms with E-state index in [-0.39, 0.29) is 24.4 Å². The van der Waals surface area contributed by atoms with Crippen LogP contribution in [0.4, 0.5) is 0 Å². The minimum Gasteiger partial charge on any atom is -0.353 e. The van der Waals surface area contributed by atoms with Crippen molar-refractivity contribution in [3.8, 4) is 0 Å². The lowest BCUT2D eigenvalue weighted by atomic mass is 10.1. The number of likely N-dealkylation sites (tertiary alicyclic amines) is 1. The van der Waals surface area contributed by atoms with Crippen molar-refractivity contribution in [2.24, 2.45) is 5.92 Å². The smallest absolute Gasteiger partial charge is 0.237 e. The number of amides is 1. The van der Waals surface area contributed by atoms with Crippen molar-refractivity contribution < 1.29 is 4.79 Å². The summed E-state index contributed by atoms with van der Waals surface area (Å²) in [4.78, 5) is 14.5. The van der Waals surface area contributed by atoms with E-state index < -0.39 is 0 Å². The van der Waals surface area contributed by atoms with Gasteiger partial charge >= 0.3 is 0 Å². The highest BCUT2D eigenvalue weighted by atomic mass is 35.5. The highest BCUT2D eigenvalue weighted by Gasteiger charge is 2.27. The van der Waals surface area contributed by atoms with Gasteiger partial charge < -0.3 is 10.6 Å². The second-order valence-electron chi connectivity index (χ2n) is 6.08. The summed E-state index contributed by atoms with van der Waals surface area (Å²) in [5.74, 6) is 0.904. The summed E-state index contributed by atoms with van der Waals surface area (Å²) < 4.78 is 0. The van der Waals surface area contributed by atoms with E-state index in [1.54, 1.807) is 0 Å². The summed E-state index contributed by atoms with van der Waals surface area (Å²) in [7, 11) is 0. The Bertz CT molecular complexity index is 280. The van der Waals surface area contributed by atoms with Gasteiger partial charge in [0.05, 0.1) is 6.04 Å². The molecule has 4 nitrogen and oxygen atoms in total. The van der Waals surface area contributed by atoms with Gasteiger partial charge in [0.2, 0.25) is 5.91 Å². The number of carbonyl (C=O) groups is 1. The van der Waals surface area contributed by atoms with E-state index in [0.29, 0.717) is 12.0 Å². The fraction of sp³-hybridized carbons (Fsp3) is 0.929. The van der Waals surface area contributed by atoms with Gasteiger partial charge in [0.1, 0.15) is 0 Å². The van der Waals surface area contributed by atoms with E-state index in [1.807, 2.05) is 0 Å². The molecule has 0 aromatic carbocycles. The number of nitrogens with one attached hydrogen (secondary N) is 2. The van der Waals surface area contributed by atoms with Crippen LogP contribution in [0.5, 0.6) is 0 Å². The molecule has 2 heterocycles. The van der Waals surface area contributed by atoms with Gasteiger partial charge in [-0.1, -0.05) is 13.8 Å². The molecule has 2 saturated heterocycles. The molecule has 0 aliphatic carbocycles. The average Bonchev–Trinajstić information content (AvgIpc) is 2.95. The van der Waals surface area contributed by atoms with Crippen molar-refractivity contribution >= 4 is 18.3 Å². The molecule has 5 heteroatoms. The maximum absolute atomic E-state index is 11.9. The number of halogens is 1. The van der Waals surface area contributed by atoms with Crippen LogP contribution in [0.15, 0.2) is 0 Å². The summed E-state index contributed by atoms with van der Waals surface area (Å²) in [5, 5.41) is 6.38. The number of carbonyl (C=O) groups excluding carboxylic acids is 1. The minimum absolute atomic E-state index is 0. The molecule has 2 aliphatic rings. The summed E-state index contributed by atoms with van der Waals surface area (Å²) in [5.41, 5.74) is 0. The Labute approximate surface area is 123 Å². The molecule has 0 saturated carbocycles. The lowest BCUT2D eigenvalue weighted by Crippen LogP contribution is -2.46. The van der Waals surface area contributed by atoms with E-state index in [4.69, 9.17) is 0 Å². The molecular formula is C14H28ClN3O. The first-order chi connectivity index (χ1) is 8.66. The van der Waals surface area contributed by atoms with E-state index in [1.165, 1.54) is 19.4 Å². The van der Waals surface area contributed by atoms with E-state index >= 15 is 0 Å². The van der Waals surface area contributed by atoms with Crippen LogP contribution < -0.4 is 10.6 Å². The third-order valence-corrected chi connectivity index (χ3v) is 3.99. The largest absolute Gasteiger partial charge is 0.353 e. The van der Waals surface area contributed by atoms with Crippen molar-refractivity contribution in [1.29, 1.82) is 0 Å². The van der Waals surface area contributed by atoms with Gasteiger partial charge in [-0.05, 0) is 44.7 Å². The zero-order valence-corrected chi connectivity index (χ0v) is 13.0. The molecule has 0 aromatic heterocycles. The molecule has 2 atom stereocenters. The van der Waals surface area contributed by atoms with Gasteiger partial charge in [-0.15, -0.1) is 12.4 Å². The van der Waals surface area contributed by atoms with Crippen molar-refractivity contribution in [3.63, 3.8) is 0 Å². The van der Waals surface area contributed by atoms with Crippen LogP contribution in [0, 0.1) is 5.92 Å². The first kappa shape index (κ1) is 16.7. The minimum atomic E-state index is 0. The van der Waals surface area contributed by atoms with Gasteiger partial charge in [0.25, 0.3) is 0 Å². The zero-order valence-electron chi connectivity index (χ0n) is 12.2. The zero-order chi connectivity index (χ0) is 13.0. The van der Waals surface area contributed by atoms with Gasteiger partial charge in [-0.2, -0.15) is 0 Å². The molecule has 0 aromatic rings. The fourth-order valence-electron chi connectivity index (χ4n) is 3.09. The number of nitrogens with zero attached hydrogens (tertiary/aromatic N) is 1. The average molecular weight is 290 g/mol. The van der Waals surface area contributed by atoms with Gasteiger partial charge in [0, 0.05) is 19.1 Å². The summed E-state index contributed by atoms with van der Waals surface area (Å²) >= 11 is 0. The molecule has 2 N–H and O–H groups in total. The second kappa shape index (κ2) is 8.08. The maximum atomic E-state index is 11.9. The molecule has 1 unspecified atom stereocenters. The molecule has 2 fully saturated rings. The molecule has 0 bridgehead atoms. The lowest BCUT2D eigenvalue weighted by molar-refractivity contribution is -0.123. The van der Waals surface area contributed by atoms with Crippen LogP contribution in [0.25, 0.3) is 0 Å². The van der Waals surface area contributed by atoms with Crippen LogP contribution in [-0.2, 0) is 4.79 Å². The standard InChI is InChI=1S/C14H27N3O.ClH/c1-11(2)10-17-8-4-5-12(17)9-16-14(18)13-6-3-7-15-13;/h11-13,15H,3-10H2,1-2H3,(H,16,18);1H/t12-,13?;/m1./s1. The van der Waals surface area contributed by atoms with Crippen molar-refractivity contribution in [2.75, 3.05) is 26.2 Å². The third-order valence-electron chi connectivity index (χ3n) is 3.99. The monoisotopic (exact) mass is 289 g/mol. The van der Waals surface area contributed by atoms with Crippen molar-refractivity contribution in [3.05, 3.63) is 0 Å². The summed E-state index contributed by atoms with van der Waals surface area (Å²) in [6.45, 7) is 8.68. The molecule has 0 spiro atoms. The van der Waals surface area contributed by atoms with Gasteiger partial charge in [-0.3, -0.25) is 9.69 Å². The first-order valence-corrected chi connectivity index (χ1v) is 7.42. The Morgan fingerprint density at radius 1 is 1.37 bits per heavy atom.